The molecule has 3 rings (SSSR count). The molecule has 4 heteroatoms. The first-order valence-electron chi connectivity index (χ1n) is 9.19. The molecule has 0 spiro atoms. The maximum absolute atomic E-state index is 11.4. The van der Waals surface area contributed by atoms with Crippen LogP contribution < -0.4 is 5.73 Å². The van der Waals surface area contributed by atoms with Gasteiger partial charge in [0.2, 0.25) is 0 Å². The van der Waals surface area contributed by atoms with Gasteiger partial charge in [0.1, 0.15) is 6.61 Å². The fraction of sp³-hybridized carbons (Fsp3) is 0.650. The van der Waals surface area contributed by atoms with Crippen molar-refractivity contribution in [2.24, 2.45) is 28.1 Å². The predicted octanol–water partition coefficient (Wildman–Crippen LogP) is 3.14. The van der Waals surface area contributed by atoms with E-state index in [0.29, 0.717) is 19.1 Å². The number of oxime groups is 1. The van der Waals surface area contributed by atoms with Gasteiger partial charge in [0.25, 0.3) is 0 Å². The van der Waals surface area contributed by atoms with Crippen molar-refractivity contribution in [3.63, 3.8) is 0 Å². The van der Waals surface area contributed by atoms with Gasteiger partial charge in [-0.3, -0.25) is 0 Å². The lowest BCUT2D eigenvalue weighted by Crippen LogP contribution is -2.50. The van der Waals surface area contributed by atoms with E-state index in [2.05, 4.69) is 42.4 Å². The molecule has 4 atom stereocenters. The van der Waals surface area contributed by atoms with Crippen molar-refractivity contribution < 1.29 is 9.94 Å². The van der Waals surface area contributed by atoms with Gasteiger partial charge in [-0.2, -0.15) is 0 Å². The Morgan fingerprint density at radius 3 is 2.83 bits per heavy atom. The first-order chi connectivity index (χ1) is 11.6. The van der Waals surface area contributed by atoms with Gasteiger partial charge in [0, 0.05) is 24.1 Å². The molecule has 3 N–H and O–H groups in total. The van der Waals surface area contributed by atoms with E-state index in [4.69, 9.17) is 10.6 Å². The number of rotatable bonds is 6. The predicted molar refractivity (Wildman–Crippen MR) is 96.8 cm³/mol. The fourth-order valence-corrected chi connectivity index (χ4v) is 4.76. The maximum Gasteiger partial charge on any atom is 0.129 e. The Kier molecular flexibility index (Phi) is 5.26. The van der Waals surface area contributed by atoms with Gasteiger partial charge in [-0.05, 0) is 50.0 Å². The van der Waals surface area contributed by atoms with Crippen molar-refractivity contribution in [2.45, 2.75) is 51.0 Å². The van der Waals surface area contributed by atoms with Gasteiger partial charge in [0.05, 0.1) is 5.60 Å². The number of benzene rings is 1. The monoisotopic (exact) mass is 330 g/mol. The number of hydrogen-bond donors (Lipinski definition) is 2. The number of aliphatic hydroxyl groups is 1. The minimum absolute atomic E-state index is 0.0875. The molecule has 0 amide bonds. The zero-order chi connectivity index (χ0) is 17.0. The molecule has 1 aromatic carbocycles. The molecule has 0 heterocycles. The van der Waals surface area contributed by atoms with Crippen molar-refractivity contribution in [1.29, 1.82) is 0 Å². The quantitative estimate of drug-likeness (QED) is 0.478. The highest BCUT2D eigenvalue weighted by molar-refractivity contribution is 5.62. The van der Waals surface area contributed by atoms with Crippen molar-refractivity contribution in [3.05, 3.63) is 35.9 Å². The lowest BCUT2D eigenvalue weighted by Gasteiger charge is -2.48. The van der Waals surface area contributed by atoms with Crippen LogP contribution in [0.1, 0.15) is 44.6 Å². The van der Waals surface area contributed by atoms with Gasteiger partial charge >= 0.3 is 0 Å². The first kappa shape index (κ1) is 17.4. The van der Waals surface area contributed by atoms with Gasteiger partial charge in [-0.25, -0.2) is 0 Å². The summed E-state index contributed by atoms with van der Waals surface area (Å²) in [4.78, 5) is 5.17. The molecule has 2 fully saturated rings. The van der Waals surface area contributed by atoms with Crippen LogP contribution in [0.5, 0.6) is 0 Å². The van der Waals surface area contributed by atoms with Crippen LogP contribution in [0, 0.1) is 17.3 Å². The van der Waals surface area contributed by atoms with Crippen LogP contribution in [-0.2, 0) is 11.3 Å². The minimum Gasteiger partial charge on any atom is -0.395 e. The molecule has 0 bridgehead atoms. The van der Waals surface area contributed by atoms with E-state index in [0.717, 1.165) is 32.1 Å². The summed E-state index contributed by atoms with van der Waals surface area (Å²) in [5.74, 6) is 0.854. The van der Waals surface area contributed by atoms with Crippen LogP contribution >= 0.6 is 0 Å². The lowest BCUT2D eigenvalue weighted by molar-refractivity contribution is -0.106. The second kappa shape index (κ2) is 7.24. The summed E-state index contributed by atoms with van der Waals surface area (Å²) in [6, 6.07) is 10.6. The number of nitrogens with zero attached hydrogens (tertiary/aromatic N) is 1. The second-order valence-corrected chi connectivity index (χ2v) is 7.77. The van der Waals surface area contributed by atoms with E-state index in [1.54, 1.807) is 0 Å². The van der Waals surface area contributed by atoms with Gasteiger partial charge in [-0.15, -0.1) is 0 Å². The van der Waals surface area contributed by atoms with Gasteiger partial charge in [-0.1, -0.05) is 42.4 Å². The first-order valence-corrected chi connectivity index (χ1v) is 9.19. The van der Waals surface area contributed by atoms with E-state index < -0.39 is 5.60 Å². The smallest absolute Gasteiger partial charge is 0.129 e. The van der Waals surface area contributed by atoms with Crippen molar-refractivity contribution in [2.75, 3.05) is 13.2 Å². The van der Waals surface area contributed by atoms with Crippen LogP contribution in [0.2, 0.25) is 0 Å². The zero-order valence-corrected chi connectivity index (χ0v) is 14.7. The number of hydrogen-bond acceptors (Lipinski definition) is 4. The van der Waals surface area contributed by atoms with Crippen LogP contribution in [0.15, 0.2) is 35.5 Å². The third-order valence-electron chi connectivity index (χ3n) is 6.34. The molecule has 0 aromatic heterocycles. The molecular weight excluding hydrogens is 300 g/mol. The molecular formula is C20H30N2O2. The highest BCUT2D eigenvalue weighted by atomic mass is 16.6. The molecule has 2 aliphatic carbocycles. The molecule has 0 unspecified atom stereocenters. The molecule has 4 nitrogen and oxygen atoms in total. The summed E-state index contributed by atoms with van der Waals surface area (Å²) in [5, 5.41) is 15.5. The molecule has 0 radical (unpaired) electrons. The standard InChI is InChI=1S/C20H30N2O2/c1-19-9-7-17(13-16-5-3-2-4-6-16)14-20(19,23)10-8-18(19)15-22-24-12-11-21/h2-6,15,17-18,23H,7-14,21H2,1H3/b22-15+/t17-,18-,19-,20+/m1/s1. The fourth-order valence-electron chi connectivity index (χ4n) is 4.76. The highest BCUT2D eigenvalue weighted by Gasteiger charge is 2.58. The Bertz CT molecular complexity index is 562. The summed E-state index contributed by atoms with van der Waals surface area (Å²) in [6.07, 6.45) is 7.94. The largest absolute Gasteiger partial charge is 0.395 e. The average Bonchev–Trinajstić information content (AvgIpc) is 2.84. The van der Waals surface area contributed by atoms with E-state index in [1.807, 2.05) is 6.21 Å². The third kappa shape index (κ3) is 3.35. The zero-order valence-electron chi connectivity index (χ0n) is 14.7. The Labute approximate surface area is 145 Å². The van der Waals surface area contributed by atoms with Crippen molar-refractivity contribution in [1.82, 2.24) is 0 Å². The summed E-state index contributed by atoms with van der Waals surface area (Å²) in [6.45, 7) is 3.16. The molecule has 24 heavy (non-hydrogen) atoms. The number of nitrogens with two attached hydrogens (primary N) is 1. The highest BCUT2D eigenvalue weighted by Crippen LogP contribution is 2.58. The third-order valence-corrected chi connectivity index (χ3v) is 6.34. The average molecular weight is 330 g/mol. The Morgan fingerprint density at radius 1 is 1.29 bits per heavy atom. The second-order valence-electron chi connectivity index (χ2n) is 7.77. The lowest BCUT2D eigenvalue weighted by atomic mass is 9.59. The molecule has 2 saturated carbocycles. The van der Waals surface area contributed by atoms with Crippen LogP contribution in [-0.4, -0.2) is 30.1 Å². The molecule has 0 aliphatic heterocycles. The minimum atomic E-state index is -0.574. The topological polar surface area (TPSA) is 67.8 Å². The maximum atomic E-state index is 11.4. The number of fused-ring (bicyclic) bond motifs is 1. The summed E-state index contributed by atoms with van der Waals surface area (Å²) < 4.78 is 0. The molecule has 132 valence electrons. The van der Waals surface area contributed by atoms with E-state index >= 15 is 0 Å². The summed E-state index contributed by atoms with van der Waals surface area (Å²) in [7, 11) is 0. The molecule has 2 aliphatic rings. The van der Waals surface area contributed by atoms with Gasteiger partial charge < -0.3 is 15.7 Å². The Hall–Kier alpha value is -1.39. The van der Waals surface area contributed by atoms with E-state index in [-0.39, 0.29) is 11.3 Å². The van der Waals surface area contributed by atoms with E-state index in [1.165, 1.54) is 12.0 Å². The van der Waals surface area contributed by atoms with Crippen LogP contribution in [0.25, 0.3) is 0 Å². The SMILES string of the molecule is C[C@]12CC[C@H](Cc3ccccc3)C[C@@]1(O)CC[C@@H]2/C=N/OCCN. The van der Waals surface area contributed by atoms with Crippen LogP contribution in [0.4, 0.5) is 0 Å². The summed E-state index contributed by atoms with van der Waals surface area (Å²) >= 11 is 0. The molecule has 1 aromatic rings. The van der Waals surface area contributed by atoms with E-state index in [9.17, 15) is 5.11 Å². The Morgan fingerprint density at radius 2 is 2.08 bits per heavy atom. The van der Waals surface area contributed by atoms with Crippen LogP contribution in [0.3, 0.4) is 0 Å². The van der Waals surface area contributed by atoms with Crippen molar-refractivity contribution >= 4 is 6.21 Å². The summed E-state index contributed by atoms with van der Waals surface area (Å²) in [5.41, 5.74) is 6.13. The van der Waals surface area contributed by atoms with Gasteiger partial charge in [0.15, 0.2) is 0 Å². The molecule has 0 saturated heterocycles. The van der Waals surface area contributed by atoms with Crippen molar-refractivity contribution in [3.8, 4) is 0 Å². The normalized spacial score (nSPS) is 36.0. The Balaban J connectivity index is 1.65.